The van der Waals surface area contributed by atoms with Gasteiger partial charge in [-0.2, -0.15) is 0 Å². The summed E-state index contributed by atoms with van der Waals surface area (Å²) in [4.78, 5) is 17.2. The number of anilines is 1. The van der Waals surface area contributed by atoms with Crippen molar-refractivity contribution in [2.24, 2.45) is 0 Å². The maximum Gasteiger partial charge on any atom is 0.301 e. The molecule has 0 spiro atoms. The van der Waals surface area contributed by atoms with Crippen molar-refractivity contribution in [2.75, 3.05) is 12.4 Å². The number of nitrogens with zero attached hydrogens (tertiary/aromatic N) is 1. The number of amides is 1. The Morgan fingerprint density at radius 1 is 1.71 bits per heavy atom. The van der Waals surface area contributed by atoms with Crippen molar-refractivity contribution < 1.29 is 9.53 Å². The highest BCUT2D eigenvalue weighted by atomic mass is 79.9. The Kier molecular flexibility index (Phi) is 3.95. The monoisotopic (exact) mass is 254 g/mol. The van der Waals surface area contributed by atoms with Gasteiger partial charge in [0.15, 0.2) is 0 Å². The average molecular weight is 255 g/mol. The molecule has 0 aromatic carbocycles. The highest BCUT2D eigenvalue weighted by Gasteiger charge is 1.99. The minimum atomic E-state index is -0.393. The van der Waals surface area contributed by atoms with E-state index >= 15 is 0 Å². The van der Waals surface area contributed by atoms with Gasteiger partial charge in [-0.3, -0.25) is 4.79 Å². The van der Waals surface area contributed by atoms with Gasteiger partial charge in [0.05, 0.1) is 7.11 Å². The molecule has 5 heteroatoms. The van der Waals surface area contributed by atoms with E-state index in [1.807, 2.05) is 0 Å². The highest BCUT2D eigenvalue weighted by Crippen LogP contribution is 2.12. The number of hydrogen-bond donors (Lipinski definition) is 1. The van der Waals surface area contributed by atoms with E-state index in [1.54, 1.807) is 12.1 Å². The van der Waals surface area contributed by atoms with E-state index in [2.05, 4.69) is 37.0 Å². The molecule has 1 aromatic rings. The number of hydrogen-bond acceptors (Lipinski definition) is 3. The van der Waals surface area contributed by atoms with Crippen LogP contribution in [-0.2, 0) is 4.79 Å². The van der Waals surface area contributed by atoms with Crippen LogP contribution in [0.1, 0.15) is 0 Å². The number of pyridine rings is 1. The molecule has 0 fully saturated rings. The lowest BCUT2D eigenvalue weighted by Gasteiger charge is -2.02. The Balaban J connectivity index is 2.75. The third kappa shape index (κ3) is 3.07. The van der Waals surface area contributed by atoms with E-state index in [0.29, 0.717) is 11.6 Å². The number of halogens is 1. The van der Waals surface area contributed by atoms with Crippen LogP contribution in [0.5, 0.6) is 5.88 Å². The first kappa shape index (κ1) is 10.5. The SMILES string of the molecule is COc1cc(NC(=O)C#CBr)ccn1. The largest absolute Gasteiger partial charge is 0.481 e. The number of rotatable bonds is 2. The molecule has 0 aliphatic heterocycles. The number of nitrogens with one attached hydrogen (secondary N) is 1. The van der Waals surface area contributed by atoms with Crippen LogP contribution in [-0.4, -0.2) is 18.0 Å². The molecule has 0 saturated carbocycles. The van der Waals surface area contributed by atoms with Gasteiger partial charge in [-0.15, -0.1) is 0 Å². The second-order valence-corrected chi connectivity index (χ2v) is 2.66. The molecule has 1 aromatic heterocycles. The molecule has 0 aliphatic carbocycles. The van der Waals surface area contributed by atoms with Crippen molar-refractivity contribution in [2.45, 2.75) is 0 Å². The highest BCUT2D eigenvalue weighted by molar-refractivity contribution is 9.12. The molecule has 0 unspecified atom stereocenters. The standard InChI is InChI=1S/C9H7BrN2O2/c1-14-9-6-7(3-5-11-9)12-8(13)2-4-10/h3,5-6H,1H3,(H,11,12,13). The van der Waals surface area contributed by atoms with E-state index in [1.165, 1.54) is 13.3 Å². The molecule has 0 bridgehead atoms. The molecule has 1 N–H and O–H groups in total. The summed E-state index contributed by atoms with van der Waals surface area (Å²) < 4.78 is 4.89. The summed E-state index contributed by atoms with van der Waals surface area (Å²) in [6.07, 6.45) is 1.54. The van der Waals surface area contributed by atoms with Crippen molar-refractivity contribution >= 4 is 27.5 Å². The summed E-state index contributed by atoms with van der Waals surface area (Å²) in [5, 5.41) is 2.55. The summed E-state index contributed by atoms with van der Waals surface area (Å²) in [5.41, 5.74) is 0.595. The molecule has 0 saturated heterocycles. The molecule has 1 heterocycles. The fourth-order valence-electron chi connectivity index (χ4n) is 0.804. The van der Waals surface area contributed by atoms with Crippen molar-refractivity contribution in [1.29, 1.82) is 0 Å². The smallest absolute Gasteiger partial charge is 0.301 e. The van der Waals surface area contributed by atoms with Gasteiger partial charge in [-0.25, -0.2) is 4.98 Å². The first-order chi connectivity index (χ1) is 6.76. The first-order valence-electron chi connectivity index (χ1n) is 3.69. The molecule has 72 valence electrons. The Morgan fingerprint density at radius 2 is 2.50 bits per heavy atom. The van der Waals surface area contributed by atoms with E-state index in [9.17, 15) is 4.79 Å². The first-order valence-corrected chi connectivity index (χ1v) is 4.48. The van der Waals surface area contributed by atoms with Crippen LogP contribution in [0.25, 0.3) is 0 Å². The van der Waals surface area contributed by atoms with Crippen LogP contribution in [0.2, 0.25) is 0 Å². The summed E-state index contributed by atoms with van der Waals surface area (Å²) in [6, 6.07) is 3.25. The number of aromatic nitrogens is 1. The normalized spacial score (nSPS) is 8.43. The third-order valence-electron chi connectivity index (χ3n) is 1.36. The van der Waals surface area contributed by atoms with E-state index in [-0.39, 0.29) is 0 Å². The summed E-state index contributed by atoms with van der Waals surface area (Å²) in [7, 11) is 1.51. The predicted octanol–water partition coefficient (Wildman–Crippen LogP) is 1.38. The number of ether oxygens (including phenoxy) is 1. The number of carbonyl (C=O) groups excluding carboxylic acids is 1. The Bertz CT molecular complexity index is 395. The zero-order valence-electron chi connectivity index (χ0n) is 7.37. The van der Waals surface area contributed by atoms with Crippen LogP contribution in [0.15, 0.2) is 18.3 Å². The predicted molar refractivity (Wildman–Crippen MR) is 56.1 cm³/mol. The summed E-state index contributed by atoms with van der Waals surface area (Å²) >= 11 is 2.83. The molecular formula is C9H7BrN2O2. The summed E-state index contributed by atoms with van der Waals surface area (Å²) in [6.45, 7) is 0. The van der Waals surface area contributed by atoms with Crippen LogP contribution in [0, 0.1) is 10.8 Å². The topological polar surface area (TPSA) is 51.2 Å². The fraction of sp³-hybridized carbons (Fsp3) is 0.111. The van der Waals surface area contributed by atoms with E-state index in [0.717, 1.165) is 0 Å². The van der Waals surface area contributed by atoms with Gasteiger partial charge in [0.1, 0.15) is 0 Å². The molecule has 0 atom stereocenters. The molecule has 0 radical (unpaired) electrons. The fourth-order valence-corrected chi connectivity index (χ4v) is 0.984. The van der Waals surface area contributed by atoms with Crippen molar-refractivity contribution in [3.05, 3.63) is 18.3 Å². The Labute approximate surface area is 89.8 Å². The van der Waals surface area contributed by atoms with Crippen molar-refractivity contribution in [3.63, 3.8) is 0 Å². The van der Waals surface area contributed by atoms with Crippen molar-refractivity contribution in [3.8, 4) is 16.6 Å². The lowest BCUT2D eigenvalue weighted by atomic mass is 10.4. The minimum absolute atomic E-state index is 0.393. The molecule has 1 amide bonds. The van der Waals surface area contributed by atoms with Gasteiger partial charge in [0, 0.05) is 39.8 Å². The maximum absolute atomic E-state index is 11.0. The van der Waals surface area contributed by atoms with Crippen LogP contribution in [0.3, 0.4) is 0 Å². The summed E-state index contributed by atoms with van der Waals surface area (Å²) in [5.74, 6) is 2.33. The molecule has 1 rings (SSSR count). The van der Waals surface area contributed by atoms with Crippen LogP contribution < -0.4 is 10.1 Å². The minimum Gasteiger partial charge on any atom is -0.481 e. The third-order valence-corrected chi connectivity index (χ3v) is 1.56. The Morgan fingerprint density at radius 3 is 3.14 bits per heavy atom. The Hall–Kier alpha value is -1.54. The second-order valence-electron chi connectivity index (χ2n) is 2.26. The zero-order valence-corrected chi connectivity index (χ0v) is 8.96. The van der Waals surface area contributed by atoms with E-state index in [4.69, 9.17) is 4.74 Å². The van der Waals surface area contributed by atoms with Gasteiger partial charge in [0.25, 0.3) is 0 Å². The van der Waals surface area contributed by atoms with Gasteiger partial charge in [0.2, 0.25) is 5.88 Å². The van der Waals surface area contributed by atoms with Crippen LogP contribution in [0.4, 0.5) is 5.69 Å². The molecular weight excluding hydrogens is 248 g/mol. The van der Waals surface area contributed by atoms with E-state index < -0.39 is 5.91 Å². The molecule has 14 heavy (non-hydrogen) atoms. The lowest BCUT2D eigenvalue weighted by molar-refractivity contribution is -0.111. The van der Waals surface area contributed by atoms with Gasteiger partial charge in [-0.1, -0.05) is 0 Å². The van der Waals surface area contributed by atoms with Crippen molar-refractivity contribution in [1.82, 2.24) is 4.98 Å². The zero-order chi connectivity index (χ0) is 10.4. The number of carbonyl (C=O) groups is 1. The lowest BCUT2D eigenvalue weighted by Crippen LogP contribution is -2.08. The van der Waals surface area contributed by atoms with Gasteiger partial charge in [-0.05, 0) is 10.9 Å². The maximum atomic E-state index is 11.0. The van der Waals surface area contributed by atoms with Gasteiger partial charge >= 0.3 is 5.91 Å². The van der Waals surface area contributed by atoms with Gasteiger partial charge < -0.3 is 10.1 Å². The second kappa shape index (κ2) is 5.25. The average Bonchev–Trinajstić information content (AvgIpc) is 2.18. The molecule has 4 nitrogen and oxygen atoms in total. The molecule has 0 aliphatic rings. The quantitative estimate of drug-likeness (QED) is 0.812. The number of methoxy groups -OCH3 is 1. The van der Waals surface area contributed by atoms with Crippen LogP contribution >= 0.6 is 15.9 Å².